The van der Waals surface area contributed by atoms with E-state index in [1.165, 1.54) is 0 Å². The molecular formula is C22H26N4O2S. The van der Waals surface area contributed by atoms with Gasteiger partial charge in [0.2, 0.25) is 0 Å². The summed E-state index contributed by atoms with van der Waals surface area (Å²) in [7, 11) is 0. The number of thioether (sulfide) groups is 1. The molecule has 1 unspecified atom stereocenters. The van der Waals surface area contributed by atoms with Gasteiger partial charge in [-0.1, -0.05) is 23.9 Å². The Labute approximate surface area is 175 Å². The number of nitrogens with one attached hydrogen (secondary N) is 1. The maximum atomic E-state index is 12.7. The maximum Gasteiger partial charge on any atom is 0.255 e. The smallest absolute Gasteiger partial charge is 0.255 e. The van der Waals surface area contributed by atoms with Crippen LogP contribution in [0.15, 0.2) is 53.5 Å². The first-order valence-corrected chi connectivity index (χ1v) is 10.8. The Hall–Kier alpha value is -2.51. The number of morpholine rings is 1. The molecule has 2 aliphatic heterocycles. The lowest BCUT2D eigenvalue weighted by atomic mass is 9.89. The van der Waals surface area contributed by atoms with Crippen LogP contribution in [0.25, 0.3) is 0 Å². The average Bonchev–Trinajstić information content (AvgIpc) is 2.74. The van der Waals surface area contributed by atoms with Crippen molar-refractivity contribution in [1.29, 1.82) is 0 Å². The van der Waals surface area contributed by atoms with E-state index in [0.29, 0.717) is 10.7 Å². The minimum atomic E-state index is -0.351. The summed E-state index contributed by atoms with van der Waals surface area (Å²) in [6, 6.07) is 15.6. The second-order valence-corrected chi connectivity index (χ2v) is 8.62. The highest BCUT2D eigenvalue weighted by Gasteiger charge is 2.29. The van der Waals surface area contributed by atoms with Gasteiger partial charge in [-0.05, 0) is 55.3 Å². The number of hydrogen-bond acceptors (Lipinski definition) is 6. The number of benzene rings is 2. The van der Waals surface area contributed by atoms with Crippen LogP contribution >= 0.6 is 11.8 Å². The highest BCUT2D eigenvalue weighted by Crippen LogP contribution is 2.35. The Morgan fingerprint density at radius 2 is 1.97 bits per heavy atom. The Morgan fingerprint density at radius 3 is 2.69 bits per heavy atom. The van der Waals surface area contributed by atoms with Crippen molar-refractivity contribution in [3.63, 3.8) is 0 Å². The van der Waals surface area contributed by atoms with E-state index in [4.69, 9.17) is 10.5 Å². The monoisotopic (exact) mass is 410 g/mol. The molecule has 2 aliphatic rings. The van der Waals surface area contributed by atoms with Gasteiger partial charge in [-0.2, -0.15) is 0 Å². The molecular weight excluding hydrogens is 384 g/mol. The normalized spacial score (nSPS) is 22.1. The minimum Gasteiger partial charge on any atom is -0.379 e. The summed E-state index contributed by atoms with van der Waals surface area (Å²) in [6.45, 7) is 5.33. The van der Waals surface area contributed by atoms with Gasteiger partial charge in [0.25, 0.3) is 5.91 Å². The van der Waals surface area contributed by atoms with Crippen molar-refractivity contribution in [3.05, 3.63) is 59.7 Å². The first-order valence-electron chi connectivity index (χ1n) is 9.86. The molecule has 0 spiro atoms. The number of amidine groups is 1. The summed E-state index contributed by atoms with van der Waals surface area (Å²) in [4.78, 5) is 19.6. The fourth-order valence-corrected chi connectivity index (χ4v) is 4.65. The van der Waals surface area contributed by atoms with Crippen LogP contribution in [-0.2, 0) is 10.3 Å². The predicted octanol–water partition coefficient (Wildman–Crippen LogP) is 3.44. The van der Waals surface area contributed by atoms with Gasteiger partial charge in [0.15, 0.2) is 5.17 Å². The number of nitrogens with zero attached hydrogens (tertiary/aromatic N) is 2. The zero-order chi connectivity index (χ0) is 20.3. The van der Waals surface area contributed by atoms with Crippen molar-refractivity contribution >= 4 is 34.2 Å². The Morgan fingerprint density at radius 1 is 1.21 bits per heavy atom. The van der Waals surface area contributed by atoms with E-state index in [1.807, 2.05) is 48.5 Å². The van der Waals surface area contributed by atoms with Gasteiger partial charge in [-0.3, -0.25) is 9.79 Å². The number of nitrogens with two attached hydrogens (primary N) is 1. The number of carbonyl (C=O) groups is 1. The van der Waals surface area contributed by atoms with Crippen molar-refractivity contribution in [1.82, 2.24) is 0 Å². The summed E-state index contributed by atoms with van der Waals surface area (Å²) in [5.74, 6) is 0.820. The topological polar surface area (TPSA) is 80.0 Å². The van der Waals surface area contributed by atoms with Gasteiger partial charge >= 0.3 is 0 Å². The summed E-state index contributed by atoms with van der Waals surface area (Å²) in [6.07, 6.45) is 0.915. The highest BCUT2D eigenvalue weighted by molar-refractivity contribution is 8.13. The zero-order valence-corrected chi connectivity index (χ0v) is 17.4. The fourth-order valence-electron chi connectivity index (χ4n) is 3.68. The summed E-state index contributed by atoms with van der Waals surface area (Å²) < 4.78 is 5.39. The molecule has 1 saturated heterocycles. The molecule has 6 nitrogen and oxygen atoms in total. The van der Waals surface area contributed by atoms with Gasteiger partial charge < -0.3 is 20.7 Å². The van der Waals surface area contributed by atoms with E-state index in [0.717, 1.165) is 55.4 Å². The maximum absolute atomic E-state index is 12.7. The highest BCUT2D eigenvalue weighted by atomic mass is 32.2. The molecule has 2 aromatic carbocycles. The first kappa shape index (κ1) is 19.8. The lowest BCUT2D eigenvalue weighted by Crippen LogP contribution is -2.36. The lowest BCUT2D eigenvalue weighted by molar-refractivity contribution is 0.102. The molecule has 0 aliphatic carbocycles. The van der Waals surface area contributed by atoms with E-state index in [1.54, 1.807) is 11.8 Å². The summed E-state index contributed by atoms with van der Waals surface area (Å²) >= 11 is 1.59. The van der Waals surface area contributed by atoms with E-state index >= 15 is 0 Å². The third kappa shape index (κ3) is 4.57. The van der Waals surface area contributed by atoms with Crippen molar-refractivity contribution < 1.29 is 9.53 Å². The predicted molar refractivity (Wildman–Crippen MR) is 120 cm³/mol. The number of aliphatic imine (C=N–C) groups is 1. The number of rotatable bonds is 4. The van der Waals surface area contributed by atoms with Crippen LogP contribution in [0.2, 0.25) is 0 Å². The summed E-state index contributed by atoms with van der Waals surface area (Å²) in [5, 5.41) is 3.63. The van der Waals surface area contributed by atoms with Crippen molar-refractivity contribution in [3.8, 4) is 0 Å². The number of hydrogen-bond donors (Lipinski definition) is 2. The van der Waals surface area contributed by atoms with Crippen molar-refractivity contribution in [2.75, 3.05) is 42.3 Å². The van der Waals surface area contributed by atoms with Crippen LogP contribution in [0.1, 0.15) is 29.3 Å². The van der Waals surface area contributed by atoms with Gasteiger partial charge in [0.05, 0.1) is 18.8 Å². The third-order valence-electron chi connectivity index (χ3n) is 5.44. The molecule has 1 amide bonds. The Balaban J connectivity index is 1.46. The molecule has 0 saturated carbocycles. The van der Waals surface area contributed by atoms with E-state index in [-0.39, 0.29) is 11.4 Å². The largest absolute Gasteiger partial charge is 0.379 e. The van der Waals surface area contributed by atoms with Crippen LogP contribution in [-0.4, -0.2) is 43.1 Å². The molecule has 0 bridgehead atoms. The molecule has 152 valence electrons. The van der Waals surface area contributed by atoms with Crippen molar-refractivity contribution in [2.24, 2.45) is 10.7 Å². The van der Waals surface area contributed by atoms with Gasteiger partial charge in [-0.15, -0.1) is 0 Å². The van der Waals surface area contributed by atoms with Crippen LogP contribution in [0.3, 0.4) is 0 Å². The molecule has 7 heteroatoms. The van der Waals surface area contributed by atoms with E-state index in [2.05, 4.69) is 22.1 Å². The number of amides is 1. The number of carbonyl (C=O) groups excluding carboxylic acids is 1. The van der Waals surface area contributed by atoms with Gasteiger partial charge in [0, 0.05) is 35.8 Å². The number of anilines is 2. The second-order valence-electron chi connectivity index (χ2n) is 7.50. The molecule has 0 radical (unpaired) electrons. The first-order chi connectivity index (χ1) is 14.0. The molecule has 1 atom stereocenters. The van der Waals surface area contributed by atoms with E-state index in [9.17, 15) is 4.79 Å². The molecule has 1 fully saturated rings. The zero-order valence-electron chi connectivity index (χ0n) is 16.6. The van der Waals surface area contributed by atoms with Crippen molar-refractivity contribution in [2.45, 2.75) is 18.9 Å². The molecule has 0 aromatic heterocycles. The fraction of sp³-hybridized carbons (Fsp3) is 0.364. The lowest BCUT2D eigenvalue weighted by Gasteiger charge is -2.30. The molecule has 2 heterocycles. The minimum absolute atomic E-state index is 0.122. The Kier molecular flexibility index (Phi) is 5.78. The van der Waals surface area contributed by atoms with E-state index < -0.39 is 0 Å². The Bertz CT molecular complexity index is 909. The standard InChI is InChI=1S/C22H26N4O2S/c1-22(9-14-29-21(23)25-22)17-3-2-4-18(15-17)24-20(27)16-5-7-19(8-6-16)26-10-12-28-13-11-26/h2-8,15H,9-14H2,1H3,(H2,23,25)(H,24,27). The van der Waals surface area contributed by atoms with Gasteiger partial charge in [0.1, 0.15) is 0 Å². The van der Waals surface area contributed by atoms with Crippen LogP contribution in [0, 0.1) is 0 Å². The molecule has 29 heavy (non-hydrogen) atoms. The quantitative estimate of drug-likeness (QED) is 0.807. The van der Waals surface area contributed by atoms with Gasteiger partial charge in [-0.25, -0.2) is 0 Å². The van der Waals surface area contributed by atoms with Crippen LogP contribution in [0.4, 0.5) is 11.4 Å². The number of ether oxygens (including phenoxy) is 1. The third-order valence-corrected chi connectivity index (χ3v) is 6.24. The average molecular weight is 411 g/mol. The molecule has 4 rings (SSSR count). The van der Waals surface area contributed by atoms with Crippen LogP contribution < -0.4 is 16.0 Å². The summed E-state index contributed by atoms with van der Waals surface area (Å²) in [5.41, 5.74) is 9.16. The molecule has 3 N–H and O–H groups in total. The second kappa shape index (κ2) is 8.47. The molecule has 2 aromatic rings. The SMILES string of the molecule is CC1(c2cccc(NC(=O)c3ccc(N4CCOCC4)cc3)c2)CCSC(N)=N1. The van der Waals surface area contributed by atoms with Crippen LogP contribution in [0.5, 0.6) is 0 Å².